The lowest BCUT2D eigenvalue weighted by Gasteiger charge is -2.14. The number of phenols is 2. The standard InChI is InChI=1S/C25H30O4/c1-17(2)6-10-22-20(9-7-19-8-11-23(27)25(14-19)28-5)15-21(26)16-24(22)29-13-12-18(3)4/h6-9,11-12,14-16,26-27H,10,13H2,1-5H3. The Morgan fingerprint density at radius 3 is 2.28 bits per heavy atom. The van der Waals surface area contributed by atoms with Crippen molar-refractivity contribution in [2.24, 2.45) is 0 Å². The molecule has 0 aliphatic rings. The van der Waals surface area contributed by atoms with Crippen molar-refractivity contribution < 1.29 is 19.7 Å². The lowest BCUT2D eigenvalue weighted by atomic mass is 10.00. The second kappa shape index (κ2) is 10.4. The van der Waals surface area contributed by atoms with Crippen LogP contribution in [0, 0.1) is 0 Å². The van der Waals surface area contributed by atoms with E-state index in [9.17, 15) is 10.2 Å². The first-order valence-electron chi connectivity index (χ1n) is 9.60. The number of benzene rings is 2. The monoisotopic (exact) mass is 394 g/mol. The normalized spacial score (nSPS) is 10.7. The number of methoxy groups -OCH3 is 1. The van der Waals surface area contributed by atoms with Crippen LogP contribution in [0.4, 0.5) is 0 Å². The molecule has 0 spiro atoms. The number of hydrogen-bond acceptors (Lipinski definition) is 4. The molecule has 0 fully saturated rings. The van der Waals surface area contributed by atoms with E-state index in [0.29, 0.717) is 24.5 Å². The van der Waals surface area contributed by atoms with Crippen LogP contribution in [0.2, 0.25) is 0 Å². The van der Waals surface area contributed by atoms with Crippen molar-refractivity contribution >= 4 is 12.2 Å². The van der Waals surface area contributed by atoms with Gasteiger partial charge < -0.3 is 19.7 Å². The molecule has 0 aliphatic carbocycles. The first-order valence-corrected chi connectivity index (χ1v) is 9.60. The topological polar surface area (TPSA) is 58.9 Å². The van der Waals surface area contributed by atoms with Crippen LogP contribution in [0.3, 0.4) is 0 Å². The minimum atomic E-state index is 0.0983. The van der Waals surface area contributed by atoms with Crippen molar-refractivity contribution in [2.45, 2.75) is 34.1 Å². The Balaban J connectivity index is 2.43. The largest absolute Gasteiger partial charge is 0.508 e. The Labute approximate surface area is 173 Å². The van der Waals surface area contributed by atoms with E-state index in [1.165, 1.54) is 18.3 Å². The molecule has 4 nitrogen and oxygen atoms in total. The fourth-order valence-electron chi connectivity index (χ4n) is 2.74. The third kappa shape index (κ3) is 6.75. The molecule has 0 aliphatic heterocycles. The predicted octanol–water partition coefficient (Wildman–Crippen LogP) is 6.13. The number of ether oxygens (including phenoxy) is 2. The van der Waals surface area contributed by atoms with E-state index in [1.807, 2.05) is 32.1 Å². The number of phenolic OH excluding ortho intramolecular Hbond substituents is 2. The van der Waals surface area contributed by atoms with Gasteiger partial charge in [-0.3, -0.25) is 0 Å². The summed E-state index contributed by atoms with van der Waals surface area (Å²) in [6.07, 6.45) is 8.70. The van der Waals surface area contributed by atoms with E-state index >= 15 is 0 Å². The summed E-state index contributed by atoms with van der Waals surface area (Å²) in [7, 11) is 1.52. The summed E-state index contributed by atoms with van der Waals surface area (Å²) in [6, 6.07) is 8.55. The summed E-state index contributed by atoms with van der Waals surface area (Å²) < 4.78 is 11.1. The zero-order chi connectivity index (χ0) is 21.4. The van der Waals surface area contributed by atoms with Gasteiger partial charge in [-0.25, -0.2) is 0 Å². The second-order valence-corrected chi connectivity index (χ2v) is 7.35. The van der Waals surface area contributed by atoms with Crippen LogP contribution in [-0.2, 0) is 6.42 Å². The molecule has 0 radical (unpaired) electrons. The van der Waals surface area contributed by atoms with Crippen LogP contribution in [0.15, 0.2) is 53.6 Å². The van der Waals surface area contributed by atoms with Gasteiger partial charge in [-0.2, -0.15) is 0 Å². The van der Waals surface area contributed by atoms with Gasteiger partial charge in [0, 0.05) is 11.6 Å². The summed E-state index contributed by atoms with van der Waals surface area (Å²) in [5.74, 6) is 1.34. The van der Waals surface area contributed by atoms with Crippen LogP contribution in [0.1, 0.15) is 44.4 Å². The van der Waals surface area contributed by atoms with Gasteiger partial charge in [0.05, 0.1) is 7.11 Å². The van der Waals surface area contributed by atoms with Gasteiger partial charge >= 0.3 is 0 Å². The van der Waals surface area contributed by atoms with Gasteiger partial charge in [-0.15, -0.1) is 0 Å². The summed E-state index contributed by atoms with van der Waals surface area (Å²) in [6.45, 7) is 8.61. The molecular formula is C25H30O4. The molecule has 0 heterocycles. The number of rotatable bonds is 8. The fraction of sp³-hybridized carbons (Fsp3) is 0.280. The van der Waals surface area contributed by atoms with Gasteiger partial charge in [-0.1, -0.05) is 35.4 Å². The van der Waals surface area contributed by atoms with Gasteiger partial charge in [-0.05, 0) is 69.5 Å². The van der Waals surface area contributed by atoms with Crippen LogP contribution >= 0.6 is 0 Å². The van der Waals surface area contributed by atoms with Crippen molar-refractivity contribution in [3.63, 3.8) is 0 Å². The third-order valence-electron chi connectivity index (χ3n) is 4.33. The molecule has 0 amide bonds. The van der Waals surface area contributed by atoms with E-state index in [2.05, 4.69) is 19.9 Å². The second-order valence-electron chi connectivity index (χ2n) is 7.35. The van der Waals surface area contributed by atoms with Crippen molar-refractivity contribution in [2.75, 3.05) is 13.7 Å². The highest BCUT2D eigenvalue weighted by atomic mass is 16.5. The van der Waals surface area contributed by atoms with Crippen molar-refractivity contribution in [1.29, 1.82) is 0 Å². The average molecular weight is 395 g/mol. The maximum atomic E-state index is 10.2. The number of aromatic hydroxyl groups is 2. The Morgan fingerprint density at radius 2 is 1.62 bits per heavy atom. The van der Waals surface area contributed by atoms with E-state index in [4.69, 9.17) is 9.47 Å². The molecule has 4 heteroatoms. The van der Waals surface area contributed by atoms with E-state index in [0.717, 1.165) is 16.7 Å². The van der Waals surface area contributed by atoms with Crippen molar-refractivity contribution in [1.82, 2.24) is 0 Å². The smallest absolute Gasteiger partial charge is 0.161 e. The summed E-state index contributed by atoms with van der Waals surface area (Å²) in [4.78, 5) is 0. The van der Waals surface area contributed by atoms with Crippen LogP contribution in [0.25, 0.3) is 12.2 Å². The van der Waals surface area contributed by atoms with Gasteiger partial charge in [0.15, 0.2) is 11.5 Å². The summed E-state index contributed by atoms with van der Waals surface area (Å²) in [5.41, 5.74) is 5.15. The first-order chi connectivity index (χ1) is 13.8. The van der Waals surface area contributed by atoms with Gasteiger partial charge in [0.1, 0.15) is 18.1 Å². The molecular weight excluding hydrogens is 364 g/mol. The average Bonchev–Trinajstić information content (AvgIpc) is 2.66. The molecule has 154 valence electrons. The third-order valence-corrected chi connectivity index (χ3v) is 4.33. The minimum absolute atomic E-state index is 0.0983. The van der Waals surface area contributed by atoms with E-state index < -0.39 is 0 Å². The SMILES string of the molecule is COc1cc(C=Cc2cc(O)cc(OCC=C(C)C)c2CC=C(C)C)ccc1O. The maximum absolute atomic E-state index is 10.2. The number of allylic oxidation sites excluding steroid dienone is 3. The Bertz CT molecular complexity index is 928. The van der Waals surface area contributed by atoms with Gasteiger partial charge in [0.25, 0.3) is 0 Å². The fourth-order valence-corrected chi connectivity index (χ4v) is 2.74. The predicted molar refractivity (Wildman–Crippen MR) is 120 cm³/mol. The first kappa shape index (κ1) is 22.2. The molecule has 0 unspecified atom stereocenters. The minimum Gasteiger partial charge on any atom is -0.508 e. The van der Waals surface area contributed by atoms with Gasteiger partial charge in [0.2, 0.25) is 0 Å². The molecule has 0 aromatic heterocycles. The molecule has 29 heavy (non-hydrogen) atoms. The zero-order valence-corrected chi connectivity index (χ0v) is 17.8. The highest BCUT2D eigenvalue weighted by Gasteiger charge is 2.10. The van der Waals surface area contributed by atoms with E-state index in [-0.39, 0.29) is 11.5 Å². The Hall–Kier alpha value is -3.14. The highest BCUT2D eigenvalue weighted by Crippen LogP contribution is 2.32. The molecule has 0 atom stereocenters. The van der Waals surface area contributed by atoms with Crippen LogP contribution in [-0.4, -0.2) is 23.9 Å². The summed E-state index contributed by atoms with van der Waals surface area (Å²) >= 11 is 0. The van der Waals surface area contributed by atoms with Crippen molar-refractivity contribution in [3.05, 3.63) is 70.3 Å². The highest BCUT2D eigenvalue weighted by molar-refractivity contribution is 5.74. The lowest BCUT2D eigenvalue weighted by molar-refractivity contribution is 0.355. The Morgan fingerprint density at radius 1 is 0.897 bits per heavy atom. The quantitative estimate of drug-likeness (QED) is 0.418. The molecule has 2 rings (SSSR count). The molecule has 2 aromatic rings. The van der Waals surface area contributed by atoms with Crippen LogP contribution in [0.5, 0.6) is 23.0 Å². The number of hydrogen-bond donors (Lipinski definition) is 2. The van der Waals surface area contributed by atoms with Crippen molar-refractivity contribution in [3.8, 4) is 23.0 Å². The van der Waals surface area contributed by atoms with E-state index in [1.54, 1.807) is 30.3 Å². The maximum Gasteiger partial charge on any atom is 0.161 e. The summed E-state index contributed by atoms with van der Waals surface area (Å²) in [5, 5.41) is 20.0. The molecule has 2 aromatic carbocycles. The molecule has 2 N–H and O–H groups in total. The zero-order valence-electron chi connectivity index (χ0n) is 17.8. The molecule has 0 saturated carbocycles. The van der Waals surface area contributed by atoms with Crippen LogP contribution < -0.4 is 9.47 Å². The lowest BCUT2D eigenvalue weighted by Crippen LogP contribution is -2.00. The molecule has 0 bridgehead atoms. The molecule has 0 saturated heterocycles. The Kier molecular flexibility index (Phi) is 7.96.